The molecule has 30 heavy (non-hydrogen) atoms. The van der Waals surface area contributed by atoms with E-state index in [0.717, 1.165) is 12.8 Å². The number of carbonyl (C=O) groups is 1. The van der Waals surface area contributed by atoms with Crippen LogP contribution in [0.15, 0.2) is 57.7 Å². The fourth-order valence-corrected chi connectivity index (χ4v) is 3.68. The standard InChI is InChI=1S/C23H22FNO5/c1-28-20-10-4-7-15-12-18(23(27)30-21(15)20)22(26)25(14-17-8-5-11-29-17)13-16-6-2-3-9-19(16)24/h2-4,6-7,9-10,12,17H,5,8,11,13-14H2,1H3/t17-/m1/s1. The number of rotatable bonds is 6. The van der Waals surface area contributed by atoms with Gasteiger partial charge in [-0.3, -0.25) is 4.79 Å². The third-order valence-corrected chi connectivity index (χ3v) is 5.23. The molecule has 0 saturated carbocycles. The Morgan fingerprint density at radius 1 is 1.23 bits per heavy atom. The lowest BCUT2D eigenvalue weighted by atomic mass is 10.1. The number of ether oxygens (including phenoxy) is 2. The largest absolute Gasteiger partial charge is 0.493 e. The molecule has 1 fully saturated rings. The second kappa shape index (κ2) is 8.67. The normalized spacial score (nSPS) is 16.0. The summed E-state index contributed by atoms with van der Waals surface area (Å²) in [6.07, 6.45) is 1.57. The molecule has 1 saturated heterocycles. The summed E-state index contributed by atoms with van der Waals surface area (Å²) in [7, 11) is 1.48. The van der Waals surface area contributed by atoms with Crippen molar-refractivity contribution in [2.75, 3.05) is 20.3 Å². The summed E-state index contributed by atoms with van der Waals surface area (Å²) in [5, 5.41) is 0.570. The minimum absolute atomic E-state index is 0.0287. The average Bonchev–Trinajstić information content (AvgIpc) is 3.26. The molecule has 1 amide bonds. The van der Waals surface area contributed by atoms with Crippen LogP contribution in [0, 0.1) is 5.82 Å². The number of benzene rings is 2. The molecule has 0 aliphatic carbocycles. The lowest BCUT2D eigenvalue weighted by Crippen LogP contribution is -2.39. The number of para-hydroxylation sites is 1. The second-order valence-corrected chi connectivity index (χ2v) is 7.24. The van der Waals surface area contributed by atoms with Gasteiger partial charge in [0.05, 0.1) is 13.2 Å². The van der Waals surface area contributed by atoms with Crippen LogP contribution in [0.2, 0.25) is 0 Å². The first-order chi connectivity index (χ1) is 14.6. The summed E-state index contributed by atoms with van der Waals surface area (Å²) in [5.41, 5.74) is -0.218. The molecule has 0 unspecified atom stereocenters. The predicted molar refractivity (Wildman–Crippen MR) is 109 cm³/mol. The highest BCUT2D eigenvalue weighted by molar-refractivity contribution is 5.97. The lowest BCUT2D eigenvalue weighted by Gasteiger charge is -2.25. The second-order valence-electron chi connectivity index (χ2n) is 7.24. The molecule has 1 aliphatic rings. The van der Waals surface area contributed by atoms with Crippen molar-refractivity contribution in [1.29, 1.82) is 0 Å². The Kier molecular flexibility index (Phi) is 5.81. The van der Waals surface area contributed by atoms with Gasteiger partial charge in [0.1, 0.15) is 11.4 Å². The van der Waals surface area contributed by atoms with Gasteiger partial charge >= 0.3 is 5.63 Å². The van der Waals surface area contributed by atoms with Crippen LogP contribution in [0.5, 0.6) is 5.75 Å². The van der Waals surface area contributed by atoms with Crippen LogP contribution in [0.25, 0.3) is 11.0 Å². The van der Waals surface area contributed by atoms with Crippen molar-refractivity contribution in [3.63, 3.8) is 0 Å². The molecule has 3 aromatic rings. The topological polar surface area (TPSA) is 69.0 Å². The molecule has 1 aromatic heterocycles. The number of carbonyl (C=O) groups excluding carboxylic acids is 1. The Morgan fingerprint density at radius 2 is 2.07 bits per heavy atom. The Bertz CT molecular complexity index is 1120. The van der Waals surface area contributed by atoms with Gasteiger partial charge in [-0.1, -0.05) is 30.3 Å². The molecule has 7 heteroatoms. The van der Waals surface area contributed by atoms with Gasteiger partial charge in [-0.15, -0.1) is 0 Å². The fourth-order valence-electron chi connectivity index (χ4n) is 3.68. The minimum Gasteiger partial charge on any atom is -0.493 e. The van der Waals surface area contributed by atoms with Crippen LogP contribution in [-0.2, 0) is 11.3 Å². The average molecular weight is 411 g/mol. The van der Waals surface area contributed by atoms with Crippen LogP contribution in [0.3, 0.4) is 0 Å². The van der Waals surface area contributed by atoms with Crippen molar-refractivity contribution in [3.05, 3.63) is 75.9 Å². The molecule has 0 radical (unpaired) electrons. The van der Waals surface area contributed by atoms with Crippen molar-refractivity contribution in [2.45, 2.75) is 25.5 Å². The van der Waals surface area contributed by atoms with E-state index < -0.39 is 17.3 Å². The van der Waals surface area contributed by atoms with Gasteiger partial charge < -0.3 is 18.8 Å². The molecule has 2 heterocycles. The van der Waals surface area contributed by atoms with E-state index in [-0.39, 0.29) is 30.3 Å². The van der Waals surface area contributed by atoms with Crippen molar-refractivity contribution >= 4 is 16.9 Å². The van der Waals surface area contributed by atoms with Crippen LogP contribution in [-0.4, -0.2) is 37.2 Å². The van der Waals surface area contributed by atoms with Gasteiger partial charge in [0.25, 0.3) is 5.91 Å². The number of hydrogen-bond donors (Lipinski definition) is 0. The highest BCUT2D eigenvalue weighted by Crippen LogP contribution is 2.25. The minimum atomic E-state index is -0.761. The first-order valence-electron chi connectivity index (χ1n) is 9.82. The van der Waals surface area contributed by atoms with Crippen LogP contribution < -0.4 is 10.4 Å². The van der Waals surface area contributed by atoms with Gasteiger partial charge in [0.2, 0.25) is 0 Å². The summed E-state index contributed by atoms with van der Waals surface area (Å²) in [5.74, 6) is -0.517. The number of halogens is 1. The molecule has 1 atom stereocenters. The molecule has 156 valence electrons. The quantitative estimate of drug-likeness (QED) is 0.578. The van der Waals surface area contributed by atoms with Crippen molar-refractivity contribution < 1.29 is 23.1 Å². The lowest BCUT2D eigenvalue weighted by molar-refractivity contribution is 0.0502. The summed E-state index contributed by atoms with van der Waals surface area (Å²) < 4.78 is 30.5. The molecule has 0 bridgehead atoms. The summed E-state index contributed by atoms with van der Waals surface area (Å²) in [6.45, 7) is 0.925. The van der Waals surface area contributed by atoms with E-state index >= 15 is 0 Å². The van der Waals surface area contributed by atoms with Gasteiger partial charge in [-0.05, 0) is 31.0 Å². The number of hydrogen-bond acceptors (Lipinski definition) is 5. The third-order valence-electron chi connectivity index (χ3n) is 5.23. The Balaban J connectivity index is 1.70. The van der Waals surface area contributed by atoms with E-state index in [1.807, 2.05) is 0 Å². The van der Waals surface area contributed by atoms with Crippen molar-refractivity contribution in [1.82, 2.24) is 4.90 Å². The zero-order chi connectivity index (χ0) is 21.1. The van der Waals surface area contributed by atoms with E-state index in [2.05, 4.69) is 0 Å². The summed E-state index contributed by atoms with van der Waals surface area (Å²) in [4.78, 5) is 27.4. The van der Waals surface area contributed by atoms with Gasteiger partial charge in [-0.2, -0.15) is 0 Å². The molecule has 6 nitrogen and oxygen atoms in total. The first kappa shape index (κ1) is 20.1. The van der Waals surface area contributed by atoms with Crippen LogP contribution in [0.1, 0.15) is 28.8 Å². The van der Waals surface area contributed by atoms with E-state index in [1.165, 1.54) is 24.1 Å². The van der Waals surface area contributed by atoms with Gasteiger partial charge in [0, 0.05) is 30.6 Å². The molecule has 1 aliphatic heterocycles. The maximum atomic E-state index is 14.2. The highest BCUT2D eigenvalue weighted by Gasteiger charge is 2.27. The van der Waals surface area contributed by atoms with E-state index in [0.29, 0.717) is 23.3 Å². The summed E-state index contributed by atoms with van der Waals surface area (Å²) in [6, 6.07) is 12.9. The molecule has 2 aromatic carbocycles. The Hall–Kier alpha value is -3.19. The molecule has 0 N–H and O–H groups in total. The smallest absolute Gasteiger partial charge is 0.349 e. The molecular weight excluding hydrogens is 389 g/mol. The number of fused-ring (bicyclic) bond motifs is 1. The van der Waals surface area contributed by atoms with Crippen molar-refractivity contribution in [3.8, 4) is 5.75 Å². The Labute approximate surface area is 172 Å². The number of nitrogens with zero attached hydrogens (tertiary/aromatic N) is 1. The maximum absolute atomic E-state index is 14.2. The van der Waals surface area contributed by atoms with Crippen LogP contribution in [0.4, 0.5) is 4.39 Å². The first-order valence-corrected chi connectivity index (χ1v) is 9.82. The number of methoxy groups -OCH3 is 1. The van der Waals surface area contributed by atoms with E-state index in [9.17, 15) is 14.0 Å². The molecule has 0 spiro atoms. The zero-order valence-electron chi connectivity index (χ0n) is 16.6. The monoisotopic (exact) mass is 411 g/mol. The predicted octanol–water partition coefficient (Wildman–Crippen LogP) is 3.76. The van der Waals surface area contributed by atoms with E-state index in [1.54, 1.807) is 36.4 Å². The highest BCUT2D eigenvalue weighted by atomic mass is 19.1. The summed E-state index contributed by atoms with van der Waals surface area (Å²) >= 11 is 0. The maximum Gasteiger partial charge on any atom is 0.349 e. The van der Waals surface area contributed by atoms with Gasteiger partial charge in [-0.25, -0.2) is 9.18 Å². The molecular formula is C23H22FNO5. The number of amides is 1. The SMILES string of the molecule is COc1cccc2cc(C(=O)N(Cc3ccccc3F)C[C@H]3CCCO3)c(=O)oc12. The fraction of sp³-hybridized carbons (Fsp3) is 0.304. The van der Waals surface area contributed by atoms with E-state index in [4.69, 9.17) is 13.9 Å². The molecule has 4 rings (SSSR count). The van der Waals surface area contributed by atoms with Crippen LogP contribution >= 0.6 is 0 Å². The van der Waals surface area contributed by atoms with Gasteiger partial charge in [0.15, 0.2) is 11.3 Å². The zero-order valence-corrected chi connectivity index (χ0v) is 16.6. The Morgan fingerprint density at radius 3 is 2.80 bits per heavy atom. The van der Waals surface area contributed by atoms with Crippen molar-refractivity contribution in [2.24, 2.45) is 0 Å². The third kappa shape index (κ3) is 4.07.